The van der Waals surface area contributed by atoms with E-state index in [4.69, 9.17) is 0 Å². The normalized spacial score (nSPS) is 26.3. The zero-order chi connectivity index (χ0) is 12.8. The molecule has 1 atom stereocenters. The molecular formula is C14H16F3N. The molecule has 1 aliphatic carbocycles. The number of alkyl halides is 3. The number of hydrogen-bond donors (Lipinski definition) is 1. The van der Waals surface area contributed by atoms with Gasteiger partial charge in [-0.05, 0) is 48.3 Å². The van der Waals surface area contributed by atoms with Crippen LogP contribution in [0.25, 0.3) is 0 Å². The zero-order valence-corrected chi connectivity index (χ0v) is 10.1. The first-order valence-electron chi connectivity index (χ1n) is 6.36. The predicted molar refractivity (Wildman–Crippen MR) is 63.3 cm³/mol. The van der Waals surface area contributed by atoms with Gasteiger partial charge in [0.05, 0.1) is 5.56 Å². The Hall–Kier alpha value is -1.03. The average molecular weight is 255 g/mol. The van der Waals surface area contributed by atoms with Gasteiger partial charge in [-0.2, -0.15) is 13.2 Å². The van der Waals surface area contributed by atoms with E-state index in [1.54, 1.807) is 12.1 Å². The molecule has 3 rings (SSSR count). The molecule has 1 saturated carbocycles. The van der Waals surface area contributed by atoms with Gasteiger partial charge in [-0.15, -0.1) is 0 Å². The van der Waals surface area contributed by atoms with E-state index in [2.05, 4.69) is 5.32 Å². The Bertz CT molecular complexity index is 431. The van der Waals surface area contributed by atoms with Crippen LogP contribution in [0.4, 0.5) is 13.2 Å². The summed E-state index contributed by atoms with van der Waals surface area (Å²) >= 11 is 0. The van der Waals surface area contributed by atoms with Crippen LogP contribution in [0.2, 0.25) is 0 Å². The Morgan fingerprint density at radius 1 is 1.11 bits per heavy atom. The van der Waals surface area contributed by atoms with Gasteiger partial charge in [0.2, 0.25) is 0 Å². The maximum Gasteiger partial charge on any atom is 0.416 e. The molecule has 2 aliphatic rings. The highest BCUT2D eigenvalue weighted by Crippen LogP contribution is 2.48. The van der Waals surface area contributed by atoms with E-state index in [-0.39, 0.29) is 0 Å². The summed E-state index contributed by atoms with van der Waals surface area (Å²) in [4.78, 5) is 0. The first-order chi connectivity index (χ1) is 8.49. The SMILES string of the molecule is FC(F)(F)c1ccc([C@@H]2CCC3(CNC3)C2)cc1. The first-order valence-corrected chi connectivity index (χ1v) is 6.36. The molecule has 1 N–H and O–H groups in total. The standard InChI is InChI=1S/C14H16F3N/c15-14(16,17)12-3-1-10(2-4-12)11-5-6-13(7-11)8-18-9-13/h1-4,11,18H,5-9H2/t11-/m1/s1. The Balaban J connectivity index is 1.74. The highest BCUT2D eigenvalue weighted by Gasteiger charge is 2.43. The fourth-order valence-corrected chi connectivity index (χ4v) is 3.24. The van der Waals surface area contributed by atoms with Crippen LogP contribution in [-0.2, 0) is 6.18 Å². The van der Waals surface area contributed by atoms with Crippen LogP contribution in [0.5, 0.6) is 0 Å². The van der Waals surface area contributed by atoms with Crippen molar-refractivity contribution in [3.8, 4) is 0 Å². The third kappa shape index (κ3) is 2.03. The van der Waals surface area contributed by atoms with E-state index >= 15 is 0 Å². The molecule has 2 fully saturated rings. The Labute approximate surface area is 104 Å². The minimum absolute atomic E-state index is 0.438. The predicted octanol–water partition coefficient (Wildman–Crippen LogP) is 3.56. The third-order valence-corrected chi connectivity index (χ3v) is 4.41. The molecule has 0 unspecified atom stereocenters. The summed E-state index contributed by atoms with van der Waals surface area (Å²) in [6.45, 7) is 2.15. The van der Waals surface area contributed by atoms with Crippen molar-refractivity contribution in [1.82, 2.24) is 5.32 Å². The van der Waals surface area contributed by atoms with E-state index in [0.29, 0.717) is 11.3 Å². The summed E-state index contributed by atoms with van der Waals surface area (Å²) in [5.41, 5.74) is 0.948. The van der Waals surface area contributed by atoms with Gasteiger partial charge >= 0.3 is 6.18 Å². The molecule has 0 aromatic heterocycles. The van der Waals surface area contributed by atoms with Crippen molar-refractivity contribution in [2.75, 3.05) is 13.1 Å². The van der Waals surface area contributed by atoms with Gasteiger partial charge in [0.25, 0.3) is 0 Å². The molecule has 1 aliphatic heterocycles. The van der Waals surface area contributed by atoms with Crippen molar-refractivity contribution in [3.63, 3.8) is 0 Å². The van der Waals surface area contributed by atoms with Gasteiger partial charge in [0, 0.05) is 13.1 Å². The molecule has 98 valence electrons. The van der Waals surface area contributed by atoms with Crippen molar-refractivity contribution in [3.05, 3.63) is 35.4 Å². The topological polar surface area (TPSA) is 12.0 Å². The number of hydrogen-bond acceptors (Lipinski definition) is 1. The van der Waals surface area contributed by atoms with Crippen LogP contribution in [0.3, 0.4) is 0 Å². The second-order valence-corrected chi connectivity index (χ2v) is 5.66. The van der Waals surface area contributed by atoms with Crippen molar-refractivity contribution >= 4 is 0 Å². The number of benzene rings is 1. The zero-order valence-electron chi connectivity index (χ0n) is 10.1. The van der Waals surface area contributed by atoms with Crippen LogP contribution in [0.15, 0.2) is 24.3 Å². The fourth-order valence-electron chi connectivity index (χ4n) is 3.24. The van der Waals surface area contributed by atoms with Gasteiger partial charge in [0.15, 0.2) is 0 Å². The first kappa shape index (κ1) is 12.0. The molecule has 1 aromatic rings. The minimum Gasteiger partial charge on any atom is -0.316 e. The molecule has 18 heavy (non-hydrogen) atoms. The lowest BCUT2D eigenvalue weighted by atomic mass is 9.79. The van der Waals surface area contributed by atoms with Crippen LogP contribution in [0.1, 0.15) is 36.3 Å². The second-order valence-electron chi connectivity index (χ2n) is 5.66. The molecule has 1 heterocycles. The largest absolute Gasteiger partial charge is 0.416 e. The molecule has 0 bridgehead atoms. The summed E-state index contributed by atoms with van der Waals surface area (Å²) in [7, 11) is 0. The summed E-state index contributed by atoms with van der Waals surface area (Å²) in [6, 6.07) is 5.72. The number of halogens is 3. The molecular weight excluding hydrogens is 239 g/mol. The van der Waals surface area contributed by atoms with Gasteiger partial charge in [-0.25, -0.2) is 0 Å². The molecule has 1 saturated heterocycles. The van der Waals surface area contributed by atoms with E-state index in [1.165, 1.54) is 18.6 Å². The maximum absolute atomic E-state index is 12.5. The van der Waals surface area contributed by atoms with Crippen LogP contribution in [-0.4, -0.2) is 13.1 Å². The lowest BCUT2D eigenvalue weighted by Gasteiger charge is -2.39. The summed E-state index contributed by atoms with van der Waals surface area (Å²) in [5, 5.41) is 3.30. The van der Waals surface area contributed by atoms with E-state index in [0.717, 1.165) is 31.5 Å². The van der Waals surface area contributed by atoms with Gasteiger partial charge in [-0.3, -0.25) is 0 Å². The second kappa shape index (κ2) is 3.98. The monoisotopic (exact) mass is 255 g/mol. The molecule has 1 spiro atoms. The van der Waals surface area contributed by atoms with Crippen LogP contribution in [0, 0.1) is 5.41 Å². The number of nitrogens with one attached hydrogen (secondary N) is 1. The van der Waals surface area contributed by atoms with Crippen LogP contribution >= 0.6 is 0 Å². The van der Waals surface area contributed by atoms with Crippen molar-refractivity contribution in [2.45, 2.75) is 31.4 Å². The Kier molecular flexibility index (Phi) is 2.66. The van der Waals surface area contributed by atoms with Gasteiger partial charge in [-0.1, -0.05) is 12.1 Å². The smallest absolute Gasteiger partial charge is 0.316 e. The molecule has 4 heteroatoms. The Morgan fingerprint density at radius 2 is 1.78 bits per heavy atom. The number of rotatable bonds is 1. The van der Waals surface area contributed by atoms with Crippen molar-refractivity contribution in [1.29, 1.82) is 0 Å². The fraction of sp³-hybridized carbons (Fsp3) is 0.571. The average Bonchev–Trinajstić information content (AvgIpc) is 2.73. The molecule has 1 aromatic carbocycles. The quantitative estimate of drug-likeness (QED) is 0.809. The lowest BCUT2D eigenvalue weighted by Crippen LogP contribution is -2.51. The van der Waals surface area contributed by atoms with E-state index < -0.39 is 11.7 Å². The minimum atomic E-state index is -4.23. The summed E-state index contributed by atoms with van der Waals surface area (Å²) in [5.74, 6) is 0.439. The third-order valence-electron chi connectivity index (χ3n) is 4.41. The van der Waals surface area contributed by atoms with Gasteiger partial charge in [0.1, 0.15) is 0 Å². The maximum atomic E-state index is 12.5. The Morgan fingerprint density at radius 3 is 2.22 bits per heavy atom. The summed E-state index contributed by atoms with van der Waals surface area (Å²) < 4.78 is 37.4. The lowest BCUT2D eigenvalue weighted by molar-refractivity contribution is -0.137. The van der Waals surface area contributed by atoms with E-state index in [1.807, 2.05) is 0 Å². The summed E-state index contributed by atoms with van der Waals surface area (Å²) in [6.07, 6.45) is -0.808. The molecule has 0 amide bonds. The molecule has 0 radical (unpaired) electrons. The highest BCUT2D eigenvalue weighted by molar-refractivity contribution is 5.28. The van der Waals surface area contributed by atoms with Crippen molar-refractivity contribution in [2.24, 2.45) is 5.41 Å². The highest BCUT2D eigenvalue weighted by atomic mass is 19.4. The van der Waals surface area contributed by atoms with Gasteiger partial charge < -0.3 is 5.32 Å². The molecule has 1 nitrogen and oxygen atoms in total. The van der Waals surface area contributed by atoms with Crippen molar-refractivity contribution < 1.29 is 13.2 Å². The van der Waals surface area contributed by atoms with E-state index in [9.17, 15) is 13.2 Å². The van der Waals surface area contributed by atoms with Crippen LogP contribution < -0.4 is 5.32 Å².